The third-order valence-electron chi connectivity index (χ3n) is 2.94. The van der Waals surface area contributed by atoms with Gasteiger partial charge in [0.05, 0.1) is 18.7 Å². The van der Waals surface area contributed by atoms with Gasteiger partial charge in [0.15, 0.2) is 0 Å². The summed E-state index contributed by atoms with van der Waals surface area (Å²) >= 11 is 0. The molecular weight excluding hydrogens is 216 g/mol. The van der Waals surface area contributed by atoms with E-state index in [2.05, 4.69) is 4.57 Å². The summed E-state index contributed by atoms with van der Waals surface area (Å²) in [6.07, 6.45) is 1.48. The Morgan fingerprint density at radius 1 is 1.47 bits per heavy atom. The summed E-state index contributed by atoms with van der Waals surface area (Å²) in [6, 6.07) is 5.85. The lowest BCUT2D eigenvalue weighted by atomic mass is 10.1. The number of aromatic nitrogens is 1. The molecule has 17 heavy (non-hydrogen) atoms. The molecule has 0 saturated heterocycles. The van der Waals surface area contributed by atoms with E-state index in [9.17, 15) is 5.11 Å². The van der Waals surface area contributed by atoms with Crippen LogP contribution in [0.25, 0.3) is 10.9 Å². The maximum absolute atomic E-state index is 9.75. The first-order valence-electron chi connectivity index (χ1n) is 5.72. The second-order valence-corrected chi connectivity index (χ2v) is 4.13. The van der Waals surface area contributed by atoms with Gasteiger partial charge < -0.3 is 20.1 Å². The van der Waals surface area contributed by atoms with E-state index in [0.29, 0.717) is 6.54 Å². The zero-order valence-corrected chi connectivity index (χ0v) is 10.2. The fourth-order valence-corrected chi connectivity index (χ4v) is 2.08. The maximum Gasteiger partial charge on any atom is 0.120 e. The number of hydrogen-bond acceptors (Lipinski definition) is 3. The van der Waals surface area contributed by atoms with Crippen molar-refractivity contribution in [3.05, 3.63) is 30.0 Å². The SMILES string of the molecule is COc1ccc2c(C(C)O)cn(CCN)c2c1. The molecule has 0 bridgehead atoms. The second-order valence-electron chi connectivity index (χ2n) is 4.13. The van der Waals surface area contributed by atoms with Crippen LogP contribution in [0, 0.1) is 0 Å². The van der Waals surface area contributed by atoms with E-state index >= 15 is 0 Å². The molecule has 0 aliphatic heterocycles. The van der Waals surface area contributed by atoms with E-state index < -0.39 is 6.10 Å². The quantitative estimate of drug-likeness (QED) is 0.845. The van der Waals surface area contributed by atoms with Gasteiger partial charge in [-0.05, 0) is 19.1 Å². The third-order valence-corrected chi connectivity index (χ3v) is 2.94. The number of aliphatic hydroxyl groups excluding tert-OH is 1. The van der Waals surface area contributed by atoms with E-state index in [-0.39, 0.29) is 0 Å². The number of hydrogen-bond donors (Lipinski definition) is 2. The molecule has 0 aliphatic rings. The summed E-state index contributed by atoms with van der Waals surface area (Å²) in [6.45, 7) is 3.07. The van der Waals surface area contributed by atoms with Crippen LogP contribution in [0.2, 0.25) is 0 Å². The average molecular weight is 234 g/mol. The molecule has 0 spiro atoms. The van der Waals surface area contributed by atoms with Crippen LogP contribution in [-0.2, 0) is 6.54 Å². The lowest BCUT2D eigenvalue weighted by Crippen LogP contribution is -2.08. The van der Waals surface area contributed by atoms with Crippen LogP contribution in [-0.4, -0.2) is 23.3 Å². The summed E-state index contributed by atoms with van der Waals surface area (Å²) in [5, 5.41) is 10.8. The van der Waals surface area contributed by atoms with Crippen molar-refractivity contribution >= 4 is 10.9 Å². The number of rotatable bonds is 4. The van der Waals surface area contributed by atoms with Crippen molar-refractivity contribution in [2.24, 2.45) is 5.73 Å². The predicted molar refractivity (Wildman–Crippen MR) is 68.2 cm³/mol. The van der Waals surface area contributed by atoms with Crippen molar-refractivity contribution in [3.63, 3.8) is 0 Å². The van der Waals surface area contributed by atoms with E-state index in [0.717, 1.165) is 28.8 Å². The molecule has 1 atom stereocenters. The average Bonchev–Trinajstić information content (AvgIpc) is 2.68. The minimum absolute atomic E-state index is 0.482. The molecule has 92 valence electrons. The smallest absolute Gasteiger partial charge is 0.120 e. The molecule has 3 N–H and O–H groups in total. The van der Waals surface area contributed by atoms with Gasteiger partial charge in [-0.15, -0.1) is 0 Å². The van der Waals surface area contributed by atoms with Crippen LogP contribution < -0.4 is 10.5 Å². The number of methoxy groups -OCH3 is 1. The zero-order valence-electron chi connectivity index (χ0n) is 10.2. The minimum atomic E-state index is -0.482. The molecule has 0 radical (unpaired) electrons. The van der Waals surface area contributed by atoms with Gasteiger partial charge in [0, 0.05) is 36.3 Å². The number of benzene rings is 1. The maximum atomic E-state index is 9.75. The number of ether oxygens (including phenoxy) is 1. The highest BCUT2D eigenvalue weighted by atomic mass is 16.5. The molecule has 0 saturated carbocycles. The van der Waals surface area contributed by atoms with Crippen LogP contribution in [0.3, 0.4) is 0 Å². The normalized spacial score (nSPS) is 12.9. The summed E-state index contributed by atoms with van der Waals surface area (Å²) < 4.78 is 7.27. The molecule has 0 amide bonds. The van der Waals surface area contributed by atoms with Gasteiger partial charge in [0.1, 0.15) is 5.75 Å². The van der Waals surface area contributed by atoms with Gasteiger partial charge in [-0.3, -0.25) is 0 Å². The first-order chi connectivity index (χ1) is 8.17. The Kier molecular flexibility index (Phi) is 3.36. The van der Waals surface area contributed by atoms with Gasteiger partial charge in [0.2, 0.25) is 0 Å². The summed E-state index contributed by atoms with van der Waals surface area (Å²) in [4.78, 5) is 0. The first-order valence-corrected chi connectivity index (χ1v) is 5.72. The number of aliphatic hydroxyl groups is 1. The van der Waals surface area contributed by atoms with Crippen LogP contribution >= 0.6 is 0 Å². The van der Waals surface area contributed by atoms with Gasteiger partial charge in [-0.1, -0.05) is 0 Å². The summed E-state index contributed by atoms with van der Waals surface area (Å²) in [5.74, 6) is 0.811. The van der Waals surface area contributed by atoms with Crippen LogP contribution in [0.1, 0.15) is 18.6 Å². The Morgan fingerprint density at radius 3 is 2.82 bits per heavy atom. The molecule has 2 rings (SSSR count). The first kappa shape index (κ1) is 12.0. The second kappa shape index (κ2) is 4.77. The Labute approximate surface area is 101 Å². The van der Waals surface area contributed by atoms with E-state index in [1.807, 2.05) is 24.4 Å². The topological polar surface area (TPSA) is 60.4 Å². The molecule has 1 unspecified atom stereocenters. The molecule has 1 aromatic heterocycles. The third kappa shape index (κ3) is 2.14. The number of nitrogens with zero attached hydrogens (tertiary/aromatic N) is 1. The Hall–Kier alpha value is -1.52. The van der Waals surface area contributed by atoms with Crippen LogP contribution in [0.15, 0.2) is 24.4 Å². The molecule has 0 aliphatic carbocycles. The molecule has 1 aromatic carbocycles. The lowest BCUT2D eigenvalue weighted by molar-refractivity contribution is 0.200. The molecule has 2 aromatic rings. The monoisotopic (exact) mass is 234 g/mol. The largest absolute Gasteiger partial charge is 0.497 e. The Bertz CT molecular complexity index is 517. The van der Waals surface area contributed by atoms with E-state index in [1.165, 1.54) is 0 Å². The Balaban J connectivity index is 2.63. The highest BCUT2D eigenvalue weighted by Crippen LogP contribution is 2.29. The highest BCUT2D eigenvalue weighted by Gasteiger charge is 2.12. The Morgan fingerprint density at radius 2 is 2.24 bits per heavy atom. The van der Waals surface area contributed by atoms with Gasteiger partial charge in [0.25, 0.3) is 0 Å². The van der Waals surface area contributed by atoms with E-state index in [1.54, 1.807) is 14.0 Å². The van der Waals surface area contributed by atoms with Gasteiger partial charge >= 0.3 is 0 Å². The fraction of sp³-hybridized carbons (Fsp3) is 0.385. The minimum Gasteiger partial charge on any atom is -0.497 e. The fourth-order valence-electron chi connectivity index (χ4n) is 2.08. The number of fused-ring (bicyclic) bond motifs is 1. The lowest BCUT2D eigenvalue weighted by Gasteiger charge is -2.04. The van der Waals surface area contributed by atoms with Crippen molar-refractivity contribution in [2.75, 3.05) is 13.7 Å². The molecule has 0 fully saturated rings. The van der Waals surface area contributed by atoms with E-state index in [4.69, 9.17) is 10.5 Å². The number of nitrogens with two attached hydrogens (primary N) is 1. The van der Waals surface area contributed by atoms with Crippen molar-refractivity contribution in [1.29, 1.82) is 0 Å². The van der Waals surface area contributed by atoms with Crippen LogP contribution in [0.5, 0.6) is 5.75 Å². The summed E-state index contributed by atoms with van der Waals surface area (Å²) in [7, 11) is 1.65. The van der Waals surface area contributed by atoms with Crippen molar-refractivity contribution in [3.8, 4) is 5.75 Å². The molecule has 4 heteroatoms. The van der Waals surface area contributed by atoms with Gasteiger partial charge in [-0.2, -0.15) is 0 Å². The van der Waals surface area contributed by atoms with Crippen LogP contribution in [0.4, 0.5) is 0 Å². The van der Waals surface area contributed by atoms with Crippen molar-refractivity contribution in [1.82, 2.24) is 4.57 Å². The van der Waals surface area contributed by atoms with Crippen molar-refractivity contribution < 1.29 is 9.84 Å². The summed E-state index contributed by atoms with van der Waals surface area (Å²) in [5.41, 5.74) is 7.57. The predicted octanol–water partition coefficient (Wildman–Crippen LogP) is 1.66. The standard InChI is InChI=1S/C13H18N2O2/c1-9(16)12-8-15(6-5-14)13-7-10(17-2)3-4-11(12)13/h3-4,7-9,16H,5-6,14H2,1-2H3. The van der Waals surface area contributed by atoms with Gasteiger partial charge in [-0.25, -0.2) is 0 Å². The molecule has 4 nitrogen and oxygen atoms in total. The molecular formula is C13H18N2O2. The highest BCUT2D eigenvalue weighted by molar-refractivity contribution is 5.85. The van der Waals surface area contributed by atoms with Crippen molar-refractivity contribution in [2.45, 2.75) is 19.6 Å². The zero-order chi connectivity index (χ0) is 12.4. The molecule has 1 heterocycles.